The second-order valence-electron chi connectivity index (χ2n) is 6.43. The van der Waals surface area contributed by atoms with E-state index in [1.165, 1.54) is 0 Å². The monoisotopic (exact) mass is 338 g/mol. The van der Waals surface area contributed by atoms with Gasteiger partial charge in [-0.3, -0.25) is 9.59 Å². The van der Waals surface area contributed by atoms with E-state index < -0.39 is 12.0 Å². The van der Waals surface area contributed by atoms with Gasteiger partial charge >= 0.3 is 0 Å². The molecule has 2 aromatic rings. The van der Waals surface area contributed by atoms with Gasteiger partial charge in [-0.2, -0.15) is 0 Å². The van der Waals surface area contributed by atoms with Crippen molar-refractivity contribution in [3.63, 3.8) is 0 Å². The van der Waals surface area contributed by atoms with E-state index in [9.17, 15) is 14.7 Å². The summed E-state index contributed by atoms with van der Waals surface area (Å²) in [6.07, 6.45) is 0.744. The quantitative estimate of drug-likeness (QED) is 0.758. The number of amides is 2. The zero-order valence-corrected chi connectivity index (χ0v) is 14.1. The third-order valence-electron chi connectivity index (χ3n) is 4.35. The second-order valence-corrected chi connectivity index (χ2v) is 6.43. The number of nitrogens with one attached hydrogen (secondary N) is 2. The topological polar surface area (TPSA) is 78.4 Å². The summed E-state index contributed by atoms with van der Waals surface area (Å²) in [4.78, 5) is 24.0. The number of carbonyl (C=O) groups excluding carboxylic acids is 2. The number of hydrogen-bond donors (Lipinski definition) is 3. The minimum atomic E-state index is -1.19. The van der Waals surface area contributed by atoms with E-state index in [2.05, 4.69) is 10.6 Å². The lowest BCUT2D eigenvalue weighted by atomic mass is 10.1. The van der Waals surface area contributed by atoms with E-state index in [0.29, 0.717) is 5.56 Å². The Morgan fingerprint density at radius 2 is 1.64 bits per heavy atom. The van der Waals surface area contributed by atoms with E-state index in [1.807, 2.05) is 37.3 Å². The Hall–Kier alpha value is -2.66. The van der Waals surface area contributed by atoms with Crippen molar-refractivity contribution in [2.75, 3.05) is 5.32 Å². The minimum Gasteiger partial charge on any atom is -0.378 e. The van der Waals surface area contributed by atoms with E-state index in [0.717, 1.165) is 24.1 Å². The lowest BCUT2D eigenvalue weighted by molar-refractivity contribution is -0.130. The first-order chi connectivity index (χ1) is 12.0. The molecule has 0 bridgehead atoms. The largest absolute Gasteiger partial charge is 0.378 e. The van der Waals surface area contributed by atoms with E-state index >= 15 is 0 Å². The van der Waals surface area contributed by atoms with Crippen LogP contribution in [0.2, 0.25) is 0 Å². The fraction of sp³-hybridized carbons (Fsp3) is 0.300. The molecule has 2 aromatic carbocycles. The van der Waals surface area contributed by atoms with Crippen molar-refractivity contribution in [3.8, 4) is 0 Å². The Morgan fingerprint density at radius 1 is 1.00 bits per heavy atom. The van der Waals surface area contributed by atoms with Crippen LogP contribution in [0.1, 0.15) is 43.0 Å². The first-order valence-corrected chi connectivity index (χ1v) is 8.49. The predicted octanol–water partition coefficient (Wildman–Crippen LogP) is 2.95. The molecule has 1 fully saturated rings. The summed E-state index contributed by atoms with van der Waals surface area (Å²) in [5.41, 5.74) is 2.21. The van der Waals surface area contributed by atoms with Crippen molar-refractivity contribution in [1.29, 1.82) is 0 Å². The lowest BCUT2D eigenvalue weighted by Gasteiger charge is -2.18. The molecule has 2 amide bonds. The van der Waals surface area contributed by atoms with Crippen molar-refractivity contribution in [1.82, 2.24) is 5.32 Å². The summed E-state index contributed by atoms with van der Waals surface area (Å²) in [5, 5.41) is 15.8. The molecule has 1 saturated carbocycles. The molecule has 2 atom stereocenters. The molecule has 5 nitrogen and oxygen atoms in total. The number of hydrogen-bond acceptors (Lipinski definition) is 3. The lowest BCUT2D eigenvalue weighted by Crippen LogP contribution is -2.31. The number of aliphatic hydroxyl groups excluding tert-OH is 1. The molecule has 0 heterocycles. The predicted molar refractivity (Wildman–Crippen MR) is 95.8 cm³/mol. The minimum absolute atomic E-state index is 0.0695. The molecule has 1 aliphatic rings. The highest BCUT2D eigenvalue weighted by Gasteiger charge is 2.29. The maximum Gasteiger partial charge on any atom is 0.253 e. The highest BCUT2D eigenvalue weighted by atomic mass is 16.3. The van der Waals surface area contributed by atoms with Gasteiger partial charge in [-0.15, -0.1) is 0 Å². The van der Waals surface area contributed by atoms with Gasteiger partial charge in [0.05, 0.1) is 6.04 Å². The molecule has 1 aliphatic carbocycles. The third kappa shape index (κ3) is 4.45. The number of anilines is 1. The SMILES string of the molecule is CC(NC(=O)C(O)c1ccccc1)c1ccc(NC(=O)C2CC2)cc1. The molecule has 25 heavy (non-hydrogen) atoms. The molecule has 3 N–H and O–H groups in total. The normalized spacial score (nSPS) is 15.9. The third-order valence-corrected chi connectivity index (χ3v) is 4.35. The van der Waals surface area contributed by atoms with Crippen LogP contribution in [-0.2, 0) is 9.59 Å². The molecule has 5 heteroatoms. The summed E-state index contributed by atoms with van der Waals surface area (Å²) in [6, 6.07) is 16.0. The highest BCUT2D eigenvalue weighted by molar-refractivity contribution is 5.94. The van der Waals surface area contributed by atoms with Crippen LogP contribution in [-0.4, -0.2) is 16.9 Å². The number of rotatable bonds is 6. The van der Waals surface area contributed by atoms with Crippen LogP contribution in [0.5, 0.6) is 0 Å². The molecular weight excluding hydrogens is 316 g/mol. The Labute approximate surface area is 147 Å². The van der Waals surface area contributed by atoms with Gasteiger partial charge in [-0.25, -0.2) is 0 Å². The zero-order valence-electron chi connectivity index (χ0n) is 14.1. The Bertz CT molecular complexity index is 739. The zero-order chi connectivity index (χ0) is 17.8. The summed E-state index contributed by atoms with van der Waals surface area (Å²) in [6.45, 7) is 1.85. The van der Waals surface area contributed by atoms with Crippen molar-refractivity contribution in [3.05, 3.63) is 65.7 Å². The Balaban J connectivity index is 1.57. The van der Waals surface area contributed by atoms with Gasteiger partial charge in [0.15, 0.2) is 6.10 Å². The first kappa shape index (κ1) is 17.2. The molecule has 3 rings (SSSR count). The van der Waals surface area contributed by atoms with Crippen LogP contribution < -0.4 is 10.6 Å². The van der Waals surface area contributed by atoms with Crippen molar-refractivity contribution < 1.29 is 14.7 Å². The number of carbonyl (C=O) groups is 2. The van der Waals surface area contributed by atoms with Crippen molar-refractivity contribution in [2.45, 2.75) is 31.9 Å². The van der Waals surface area contributed by atoms with E-state index in [1.54, 1.807) is 24.3 Å². The maximum atomic E-state index is 12.2. The number of benzene rings is 2. The van der Waals surface area contributed by atoms with Crippen LogP contribution >= 0.6 is 0 Å². The van der Waals surface area contributed by atoms with Crippen LogP contribution in [0.4, 0.5) is 5.69 Å². The average Bonchev–Trinajstić information content (AvgIpc) is 3.47. The molecule has 0 saturated heterocycles. The van der Waals surface area contributed by atoms with Gasteiger partial charge < -0.3 is 15.7 Å². The molecule has 0 spiro atoms. The standard InChI is InChI=1S/C20H22N2O3/c1-13(21-20(25)18(23)15-5-3-2-4-6-15)14-9-11-17(12-10-14)22-19(24)16-7-8-16/h2-6,9-13,16,18,23H,7-8H2,1H3,(H,21,25)(H,22,24). The van der Waals surface area contributed by atoms with Gasteiger partial charge in [0, 0.05) is 11.6 Å². The summed E-state index contributed by atoms with van der Waals surface area (Å²) >= 11 is 0. The molecule has 130 valence electrons. The van der Waals surface area contributed by atoms with Crippen LogP contribution in [0, 0.1) is 5.92 Å². The van der Waals surface area contributed by atoms with Gasteiger partial charge in [-0.05, 0) is 43.0 Å². The van der Waals surface area contributed by atoms with Crippen molar-refractivity contribution in [2.24, 2.45) is 5.92 Å². The average molecular weight is 338 g/mol. The molecule has 0 aromatic heterocycles. The van der Waals surface area contributed by atoms with Gasteiger partial charge in [0.1, 0.15) is 0 Å². The van der Waals surface area contributed by atoms with Crippen LogP contribution in [0.15, 0.2) is 54.6 Å². The van der Waals surface area contributed by atoms with Gasteiger partial charge in [0.2, 0.25) is 5.91 Å². The smallest absolute Gasteiger partial charge is 0.253 e. The second kappa shape index (κ2) is 7.49. The molecule has 0 radical (unpaired) electrons. The molecule has 0 aliphatic heterocycles. The van der Waals surface area contributed by atoms with Gasteiger partial charge in [0.25, 0.3) is 5.91 Å². The van der Waals surface area contributed by atoms with E-state index in [4.69, 9.17) is 0 Å². The molecular formula is C20H22N2O3. The Morgan fingerprint density at radius 3 is 2.24 bits per heavy atom. The number of aliphatic hydroxyl groups is 1. The Kier molecular flexibility index (Phi) is 5.14. The highest BCUT2D eigenvalue weighted by Crippen LogP contribution is 2.30. The fourth-order valence-electron chi connectivity index (χ4n) is 2.61. The fourth-order valence-corrected chi connectivity index (χ4v) is 2.61. The summed E-state index contributed by atoms with van der Waals surface area (Å²) in [5.74, 6) is -0.206. The molecule has 2 unspecified atom stereocenters. The summed E-state index contributed by atoms with van der Waals surface area (Å²) in [7, 11) is 0. The maximum absolute atomic E-state index is 12.2. The van der Waals surface area contributed by atoms with Crippen LogP contribution in [0.3, 0.4) is 0 Å². The van der Waals surface area contributed by atoms with Crippen molar-refractivity contribution >= 4 is 17.5 Å². The first-order valence-electron chi connectivity index (χ1n) is 8.49. The van der Waals surface area contributed by atoms with Gasteiger partial charge in [-0.1, -0.05) is 42.5 Å². The van der Waals surface area contributed by atoms with E-state index in [-0.39, 0.29) is 17.9 Å². The summed E-state index contributed by atoms with van der Waals surface area (Å²) < 4.78 is 0. The van der Waals surface area contributed by atoms with Crippen LogP contribution in [0.25, 0.3) is 0 Å².